The number of rotatable bonds is 9. The van der Waals surface area contributed by atoms with Crippen LogP contribution in [0.5, 0.6) is 11.5 Å². The molecule has 0 aliphatic carbocycles. The van der Waals surface area contributed by atoms with E-state index < -0.39 is 0 Å². The van der Waals surface area contributed by atoms with Crippen LogP contribution >= 0.6 is 11.6 Å². The Kier molecular flexibility index (Phi) is 6.66. The summed E-state index contributed by atoms with van der Waals surface area (Å²) in [4.78, 5) is 15.4. The lowest BCUT2D eigenvalue weighted by molar-refractivity contribution is -0.116. The van der Waals surface area contributed by atoms with Gasteiger partial charge >= 0.3 is 0 Å². The molecular formula is C22H22ClNO3. The van der Waals surface area contributed by atoms with E-state index in [1.807, 2.05) is 48.5 Å². The Morgan fingerprint density at radius 1 is 1.04 bits per heavy atom. The number of carbonyl (C=O) groups is 1. The fourth-order valence-corrected chi connectivity index (χ4v) is 2.95. The van der Waals surface area contributed by atoms with E-state index in [0.717, 1.165) is 40.8 Å². The summed E-state index contributed by atoms with van der Waals surface area (Å²) in [6.07, 6.45) is 3.83. The van der Waals surface area contributed by atoms with E-state index in [9.17, 15) is 4.79 Å². The first kappa shape index (κ1) is 19.2. The molecule has 140 valence electrons. The quantitative estimate of drug-likeness (QED) is 0.473. The summed E-state index contributed by atoms with van der Waals surface area (Å²) in [5, 5.41) is 1.55. The second kappa shape index (κ2) is 9.38. The zero-order valence-electron chi connectivity index (χ0n) is 15.3. The van der Waals surface area contributed by atoms with E-state index >= 15 is 0 Å². The number of ketones is 1. The van der Waals surface area contributed by atoms with Gasteiger partial charge in [0.05, 0.1) is 18.2 Å². The van der Waals surface area contributed by atoms with Crippen LogP contribution in [0.3, 0.4) is 0 Å². The molecule has 0 N–H and O–H groups in total. The van der Waals surface area contributed by atoms with E-state index in [-0.39, 0.29) is 5.78 Å². The van der Waals surface area contributed by atoms with Crippen LogP contribution in [0.4, 0.5) is 0 Å². The van der Waals surface area contributed by atoms with Crippen molar-refractivity contribution in [1.29, 1.82) is 0 Å². The molecule has 0 aliphatic rings. The Morgan fingerprint density at radius 2 is 1.81 bits per heavy atom. The molecule has 0 spiro atoms. The van der Waals surface area contributed by atoms with Gasteiger partial charge in [-0.25, -0.2) is 0 Å². The maximum atomic E-state index is 11.0. The van der Waals surface area contributed by atoms with Crippen molar-refractivity contribution in [2.45, 2.75) is 26.2 Å². The summed E-state index contributed by atoms with van der Waals surface area (Å²) in [5.74, 6) is 1.75. The molecule has 0 amide bonds. The van der Waals surface area contributed by atoms with Crippen molar-refractivity contribution in [1.82, 2.24) is 4.98 Å². The lowest BCUT2D eigenvalue weighted by atomic mass is 10.1. The summed E-state index contributed by atoms with van der Waals surface area (Å²) in [6, 6.07) is 15.3. The second-order valence-electron chi connectivity index (χ2n) is 6.34. The summed E-state index contributed by atoms with van der Waals surface area (Å²) in [7, 11) is 0. The molecule has 3 aromatic rings. The van der Waals surface area contributed by atoms with Gasteiger partial charge in [-0.3, -0.25) is 4.98 Å². The van der Waals surface area contributed by atoms with Crippen LogP contribution in [0.25, 0.3) is 10.9 Å². The standard InChI is InChI=1S/C22H22ClNO3/c1-16(25)5-6-17-7-9-18(10-8-17)26-14-3-15-27-21-12-11-20(23)19-4-2-13-24-22(19)21/h2,4,7-13H,3,5-6,14-15H2,1H3. The second-order valence-corrected chi connectivity index (χ2v) is 6.75. The zero-order valence-corrected chi connectivity index (χ0v) is 16.0. The third-order valence-corrected chi connectivity index (χ3v) is 4.51. The molecule has 0 radical (unpaired) electrons. The summed E-state index contributed by atoms with van der Waals surface area (Å²) >= 11 is 6.19. The fraction of sp³-hybridized carbons (Fsp3) is 0.273. The number of carbonyl (C=O) groups excluding carboxylic acids is 1. The number of aryl methyl sites for hydroxylation is 1. The number of Topliss-reactive ketones (excluding diaryl/α,β-unsaturated/α-hetero) is 1. The van der Waals surface area contributed by atoms with E-state index in [1.165, 1.54) is 0 Å². The first-order valence-electron chi connectivity index (χ1n) is 9.01. The van der Waals surface area contributed by atoms with Crippen LogP contribution in [0.2, 0.25) is 5.02 Å². The number of aromatic nitrogens is 1. The Hall–Kier alpha value is -2.59. The largest absolute Gasteiger partial charge is 0.493 e. The topological polar surface area (TPSA) is 48.4 Å². The van der Waals surface area contributed by atoms with Crippen molar-refractivity contribution in [2.24, 2.45) is 0 Å². The molecule has 2 aromatic carbocycles. The monoisotopic (exact) mass is 383 g/mol. The van der Waals surface area contributed by atoms with Crippen LogP contribution in [0, 0.1) is 0 Å². The lowest BCUT2D eigenvalue weighted by Gasteiger charge is -2.10. The molecular weight excluding hydrogens is 362 g/mol. The van der Waals surface area contributed by atoms with Crippen molar-refractivity contribution in [2.75, 3.05) is 13.2 Å². The minimum Gasteiger partial charge on any atom is -0.493 e. The number of hydrogen-bond acceptors (Lipinski definition) is 4. The third-order valence-electron chi connectivity index (χ3n) is 4.18. The van der Waals surface area contributed by atoms with Gasteiger partial charge in [0.25, 0.3) is 0 Å². The molecule has 0 unspecified atom stereocenters. The predicted octanol–water partition coefficient (Wildman–Crippen LogP) is 5.26. The van der Waals surface area contributed by atoms with Gasteiger partial charge in [-0.2, -0.15) is 0 Å². The number of nitrogens with zero attached hydrogens (tertiary/aromatic N) is 1. The average molecular weight is 384 g/mol. The SMILES string of the molecule is CC(=O)CCc1ccc(OCCCOc2ccc(Cl)c3cccnc23)cc1. The number of halogens is 1. The van der Waals surface area contributed by atoms with Gasteiger partial charge in [-0.1, -0.05) is 23.7 Å². The number of ether oxygens (including phenoxy) is 2. The van der Waals surface area contributed by atoms with E-state index in [1.54, 1.807) is 13.1 Å². The van der Waals surface area contributed by atoms with Gasteiger partial charge in [0.15, 0.2) is 0 Å². The normalized spacial score (nSPS) is 10.7. The van der Waals surface area contributed by atoms with E-state index in [0.29, 0.717) is 24.7 Å². The summed E-state index contributed by atoms with van der Waals surface area (Å²) in [6.45, 7) is 2.71. The molecule has 3 rings (SSSR count). The molecule has 1 heterocycles. The van der Waals surface area contributed by atoms with Crippen LogP contribution in [0.15, 0.2) is 54.7 Å². The maximum absolute atomic E-state index is 11.0. The minimum absolute atomic E-state index is 0.207. The Morgan fingerprint density at radius 3 is 2.59 bits per heavy atom. The zero-order chi connectivity index (χ0) is 19.1. The number of pyridine rings is 1. The predicted molar refractivity (Wildman–Crippen MR) is 108 cm³/mol. The highest BCUT2D eigenvalue weighted by atomic mass is 35.5. The third kappa shape index (κ3) is 5.44. The molecule has 5 heteroatoms. The van der Waals surface area contributed by atoms with Gasteiger partial charge in [-0.05, 0) is 55.3 Å². The van der Waals surface area contributed by atoms with Crippen LogP contribution < -0.4 is 9.47 Å². The van der Waals surface area contributed by atoms with Crippen molar-refractivity contribution in [3.63, 3.8) is 0 Å². The van der Waals surface area contributed by atoms with Crippen LogP contribution in [-0.4, -0.2) is 24.0 Å². The Labute approximate surface area is 164 Å². The highest BCUT2D eigenvalue weighted by Gasteiger charge is 2.06. The highest BCUT2D eigenvalue weighted by Crippen LogP contribution is 2.29. The molecule has 0 fully saturated rings. The molecule has 0 aliphatic heterocycles. The van der Waals surface area contributed by atoms with E-state index in [4.69, 9.17) is 21.1 Å². The minimum atomic E-state index is 0.207. The highest BCUT2D eigenvalue weighted by molar-refractivity contribution is 6.35. The maximum Gasteiger partial charge on any atom is 0.145 e. The van der Waals surface area contributed by atoms with Gasteiger partial charge in [0.1, 0.15) is 22.8 Å². The number of benzene rings is 2. The first-order valence-corrected chi connectivity index (χ1v) is 9.38. The molecule has 0 bridgehead atoms. The number of fused-ring (bicyclic) bond motifs is 1. The van der Waals surface area contributed by atoms with Crippen molar-refractivity contribution in [3.8, 4) is 11.5 Å². The van der Waals surface area contributed by atoms with Crippen molar-refractivity contribution in [3.05, 3.63) is 65.3 Å². The first-order chi connectivity index (χ1) is 13.1. The average Bonchev–Trinajstić information content (AvgIpc) is 2.69. The Balaban J connectivity index is 1.45. The van der Waals surface area contributed by atoms with Gasteiger partial charge in [0.2, 0.25) is 0 Å². The molecule has 27 heavy (non-hydrogen) atoms. The molecule has 0 atom stereocenters. The molecule has 0 saturated heterocycles. The van der Waals surface area contributed by atoms with Crippen molar-refractivity contribution < 1.29 is 14.3 Å². The van der Waals surface area contributed by atoms with Crippen LogP contribution in [0.1, 0.15) is 25.3 Å². The molecule has 4 nitrogen and oxygen atoms in total. The van der Waals surface area contributed by atoms with Gasteiger partial charge < -0.3 is 14.3 Å². The molecule has 1 aromatic heterocycles. The number of hydrogen-bond donors (Lipinski definition) is 0. The lowest BCUT2D eigenvalue weighted by Crippen LogP contribution is -2.05. The summed E-state index contributed by atoms with van der Waals surface area (Å²) in [5.41, 5.74) is 1.91. The van der Waals surface area contributed by atoms with Crippen molar-refractivity contribution >= 4 is 28.3 Å². The molecule has 0 saturated carbocycles. The Bertz CT molecular complexity index is 909. The van der Waals surface area contributed by atoms with Gasteiger partial charge in [-0.15, -0.1) is 0 Å². The van der Waals surface area contributed by atoms with E-state index in [2.05, 4.69) is 4.98 Å². The summed E-state index contributed by atoms with van der Waals surface area (Å²) < 4.78 is 11.6. The fourth-order valence-electron chi connectivity index (χ4n) is 2.73. The van der Waals surface area contributed by atoms with Crippen LogP contribution in [-0.2, 0) is 11.2 Å². The smallest absolute Gasteiger partial charge is 0.145 e. The van der Waals surface area contributed by atoms with Gasteiger partial charge in [0, 0.05) is 24.4 Å².